The molecule has 0 aromatic rings. The normalized spacial score (nSPS) is 14.4. The third-order valence-electron chi connectivity index (χ3n) is 3.10. The molecule has 19 heavy (non-hydrogen) atoms. The minimum Gasteiger partial charge on any atom is -0.465 e. The summed E-state index contributed by atoms with van der Waals surface area (Å²) in [6.07, 6.45) is 3.16. The van der Waals surface area contributed by atoms with E-state index in [1.54, 1.807) is 0 Å². The average Bonchev–Trinajstić information content (AvgIpc) is 2.34. The number of ether oxygens (including phenoxy) is 1. The molecule has 0 spiro atoms. The zero-order valence-corrected chi connectivity index (χ0v) is 14.1. The van der Waals surface area contributed by atoms with Crippen LogP contribution in [-0.4, -0.2) is 36.2 Å². The highest BCUT2D eigenvalue weighted by molar-refractivity contribution is 7.99. The Morgan fingerprint density at radius 2 is 2.00 bits per heavy atom. The van der Waals surface area contributed by atoms with Crippen molar-refractivity contribution in [1.82, 2.24) is 5.32 Å². The van der Waals surface area contributed by atoms with Crippen LogP contribution in [0.25, 0.3) is 0 Å². The van der Waals surface area contributed by atoms with Gasteiger partial charge in [0.25, 0.3) is 0 Å². The number of hydrogen-bond acceptors (Lipinski definition) is 4. The molecule has 0 aromatic carbocycles. The van der Waals surface area contributed by atoms with E-state index in [2.05, 4.69) is 19.2 Å². The lowest BCUT2D eigenvalue weighted by atomic mass is 9.96. The van der Waals surface area contributed by atoms with Gasteiger partial charge < -0.3 is 10.1 Å². The lowest BCUT2D eigenvalue weighted by molar-refractivity contribution is -0.150. The molecule has 0 amide bonds. The zero-order valence-electron chi connectivity index (χ0n) is 13.3. The van der Waals surface area contributed by atoms with Crippen molar-refractivity contribution in [2.75, 3.05) is 24.7 Å². The lowest BCUT2D eigenvalue weighted by Crippen LogP contribution is -2.50. The van der Waals surface area contributed by atoms with Crippen LogP contribution in [0, 0.1) is 5.92 Å². The molecular weight excluding hydrogens is 258 g/mol. The molecule has 4 heteroatoms. The van der Waals surface area contributed by atoms with Gasteiger partial charge in [0.1, 0.15) is 5.54 Å². The smallest absolute Gasteiger partial charge is 0.326 e. The van der Waals surface area contributed by atoms with Crippen LogP contribution < -0.4 is 5.32 Å². The van der Waals surface area contributed by atoms with Gasteiger partial charge in [-0.3, -0.25) is 4.79 Å². The molecule has 1 atom stereocenters. The fraction of sp³-hybridized carbons (Fsp3) is 0.933. The molecule has 0 fully saturated rings. The van der Waals surface area contributed by atoms with Crippen molar-refractivity contribution >= 4 is 17.7 Å². The van der Waals surface area contributed by atoms with E-state index >= 15 is 0 Å². The Labute approximate surface area is 123 Å². The molecule has 0 rings (SSSR count). The second-order valence-electron chi connectivity index (χ2n) is 5.48. The number of nitrogens with one attached hydrogen (secondary N) is 1. The number of esters is 1. The standard InChI is InChI=1S/C15H31NO2S/c1-6-16-15(5,14(17)18-7-2)10-8-11-19-12-9-13(3)4/h13,16H,6-12H2,1-5H3. The first-order valence-electron chi connectivity index (χ1n) is 7.46. The SMILES string of the molecule is CCNC(C)(CCCSCCC(C)C)C(=O)OCC. The fourth-order valence-corrected chi connectivity index (χ4v) is 3.08. The van der Waals surface area contributed by atoms with Crippen molar-refractivity contribution < 1.29 is 9.53 Å². The van der Waals surface area contributed by atoms with E-state index in [9.17, 15) is 4.79 Å². The summed E-state index contributed by atoms with van der Waals surface area (Å²) in [4.78, 5) is 12.0. The molecule has 0 saturated heterocycles. The van der Waals surface area contributed by atoms with Crippen LogP contribution in [0.5, 0.6) is 0 Å². The molecule has 1 unspecified atom stereocenters. The molecule has 0 saturated carbocycles. The third-order valence-corrected chi connectivity index (χ3v) is 4.20. The summed E-state index contributed by atoms with van der Waals surface area (Å²) in [5.41, 5.74) is -0.524. The van der Waals surface area contributed by atoms with E-state index < -0.39 is 5.54 Å². The van der Waals surface area contributed by atoms with Crippen molar-refractivity contribution in [3.8, 4) is 0 Å². The minimum absolute atomic E-state index is 0.121. The summed E-state index contributed by atoms with van der Waals surface area (Å²) < 4.78 is 5.16. The fourth-order valence-electron chi connectivity index (χ4n) is 1.89. The highest BCUT2D eigenvalue weighted by atomic mass is 32.2. The second-order valence-corrected chi connectivity index (χ2v) is 6.71. The zero-order chi connectivity index (χ0) is 14.7. The van der Waals surface area contributed by atoms with E-state index in [0.717, 1.165) is 31.1 Å². The lowest BCUT2D eigenvalue weighted by Gasteiger charge is -2.28. The van der Waals surface area contributed by atoms with Crippen LogP contribution in [0.15, 0.2) is 0 Å². The van der Waals surface area contributed by atoms with Gasteiger partial charge in [0.15, 0.2) is 0 Å². The first kappa shape index (κ1) is 18.8. The maximum atomic E-state index is 12.0. The van der Waals surface area contributed by atoms with E-state index in [-0.39, 0.29) is 5.97 Å². The molecule has 3 nitrogen and oxygen atoms in total. The quantitative estimate of drug-likeness (QED) is 0.467. The number of rotatable bonds is 11. The molecule has 114 valence electrons. The molecule has 0 aliphatic heterocycles. The molecule has 0 radical (unpaired) electrons. The maximum absolute atomic E-state index is 12.0. The number of likely N-dealkylation sites (N-methyl/N-ethyl adjacent to an activating group) is 1. The molecule has 1 N–H and O–H groups in total. The first-order chi connectivity index (χ1) is 8.96. The Morgan fingerprint density at radius 3 is 2.53 bits per heavy atom. The molecule has 0 heterocycles. The van der Waals surface area contributed by atoms with Gasteiger partial charge in [-0.05, 0) is 57.1 Å². The van der Waals surface area contributed by atoms with E-state index in [1.165, 1.54) is 12.2 Å². The van der Waals surface area contributed by atoms with Crippen molar-refractivity contribution in [2.24, 2.45) is 5.92 Å². The van der Waals surface area contributed by atoms with Crippen molar-refractivity contribution in [2.45, 2.75) is 59.4 Å². The largest absolute Gasteiger partial charge is 0.465 e. The van der Waals surface area contributed by atoms with Crippen LogP contribution in [0.3, 0.4) is 0 Å². The van der Waals surface area contributed by atoms with Gasteiger partial charge in [0, 0.05) is 0 Å². The summed E-state index contributed by atoms with van der Waals surface area (Å²) >= 11 is 1.99. The number of thioether (sulfide) groups is 1. The van der Waals surface area contributed by atoms with E-state index in [1.807, 2.05) is 32.5 Å². The average molecular weight is 289 g/mol. The third kappa shape index (κ3) is 8.53. The summed E-state index contributed by atoms with van der Waals surface area (Å²) in [5, 5.41) is 3.27. The molecule has 0 aromatic heterocycles. The van der Waals surface area contributed by atoms with Gasteiger partial charge in [0.05, 0.1) is 6.61 Å². The summed E-state index contributed by atoms with van der Waals surface area (Å²) in [7, 11) is 0. The summed E-state index contributed by atoms with van der Waals surface area (Å²) in [5.74, 6) is 2.99. The van der Waals surface area contributed by atoms with Gasteiger partial charge in [-0.25, -0.2) is 0 Å². The minimum atomic E-state index is -0.524. The van der Waals surface area contributed by atoms with Gasteiger partial charge in [-0.1, -0.05) is 20.8 Å². The Balaban J connectivity index is 3.97. The van der Waals surface area contributed by atoms with Gasteiger partial charge >= 0.3 is 5.97 Å². The van der Waals surface area contributed by atoms with Gasteiger partial charge in [0.2, 0.25) is 0 Å². The summed E-state index contributed by atoms with van der Waals surface area (Å²) in [6.45, 7) is 11.6. The Bertz CT molecular complexity index is 246. The predicted octanol–water partition coefficient (Wildman–Crippen LogP) is 3.48. The Morgan fingerprint density at radius 1 is 1.32 bits per heavy atom. The Hall–Kier alpha value is -0.220. The van der Waals surface area contributed by atoms with E-state index in [0.29, 0.717) is 6.61 Å². The van der Waals surface area contributed by atoms with Gasteiger partial charge in [-0.15, -0.1) is 0 Å². The van der Waals surface area contributed by atoms with Crippen molar-refractivity contribution in [3.05, 3.63) is 0 Å². The maximum Gasteiger partial charge on any atom is 0.326 e. The topological polar surface area (TPSA) is 38.3 Å². The van der Waals surface area contributed by atoms with Crippen LogP contribution >= 0.6 is 11.8 Å². The molecule has 0 bridgehead atoms. The monoisotopic (exact) mass is 289 g/mol. The van der Waals surface area contributed by atoms with Crippen LogP contribution in [0.1, 0.15) is 53.9 Å². The molecule has 0 aliphatic rings. The first-order valence-corrected chi connectivity index (χ1v) is 8.61. The second kappa shape index (κ2) is 10.6. The van der Waals surface area contributed by atoms with Crippen LogP contribution in [0.4, 0.5) is 0 Å². The summed E-state index contributed by atoms with van der Waals surface area (Å²) in [6, 6.07) is 0. The van der Waals surface area contributed by atoms with E-state index in [4.69, 9.17) is 4.74 Å². The van der Waals surface area contributed by atoms with Gasteiger partial charge in [-0.2, -0.15) is 11.8 Å². The number of carbonyl (C=O) groups excluding carboxylic acids is 1. The number of hydrogen-bond donors (Lipinski definition) is 1. The van der Waals surface area contributed by atoms with Crippen LogP contribution in [0.2, 0.25) is 0 Å². The Kier molecular flexibility index (Phi) is 10.4. The number of carbonyl (C=O) groups is 1. The van der Waals surface area contributed by atoms with Crippen molar-refractivity contribution in [1.29, 1.82) is 0 Å². The van der Waals surface area contributed by atoms with Crippen LogP contribution in [-0.2, 0) is 9.53 Å². The molecule has 0 aliphatic carbocycles. The highest BCUT2D eigenvalue weighted by Crippen LogP contribution is 2.18. The van der Waals surface area contributed by atoms with Crippen molar-refractivity contribution in [3.63, 3.8) is 0 Å². The molecular formula is C15H31NO2S. The highest BCUT2D eigenvalue weighted by Gasteiger charge is 2.32. The predicted molar refractivity (Wildman–Crippen MR) is 84.7 cm³/mol.